The number of carbonyl (C=O) groups is 1. The third-order valence-electron chi connectivity index (χ3n) is 1.32. The number of carbonyl (C=O) groups excluding carboxylic acids is 1. The Kier molecular flexibility index (Phi) is 1.95. The van der Waals surface area contributed by atoms with Gasteiger partial charge in [-0.15, -0.1) is 0 Å². The van der Waals surface area contributed by atoms with Crippen molar-refractivity contribution in [1.82, 2.24) is 0 Å². The molecule has 0 aromatic carbocycles. The summed E-state index contributed by atoms with van der Waals surface area (Å²) in [6.07, 6.45) is 4.28. The maximum absolute atomic E-state index is 10.8. The van der Waals surface area contributed by atoms with Crippen molar-refractivity contribution in [3.63, 3.8) is 0 Å². The first-order valence-electron chi connectivity index (χ1n) is 2.86. The molecule has 0 atom stereocenters. The summed E-state index contributed by atoms with van der Waals surface area (Å²) in [6.45, 7) is 0. The van der Waals surface area contributed by atoms with E-state index >= 15 is 0 Å². The summed E-state index contributed by atoms with van der Waals surface area (Å²) in [6, 6.07) is 0. The summed E-state index contributed by atoms with van der Waals surface area (Å²) in [7, 11) is 0. The van der Waals surface area contributed by atoms with E-state index in [2.05, 4.69) is 0 Å². The Hall–Kier alpha value is 0.0200. The summed E-state index contributed by atoms with van der Waals surface area (Å²) in [4.78, 5) is 10.8. The molecule has 0 radical (unpaired) electrons. The van der Waals surface area contributed by atoms with Gasteiger partial charge in [0, 0.05) is 5.92 Å². The molecule has 1 fully saturated rings. The van der Waals surface area contributed by atoms with Gasteiger partial charge in [0.2, 0.25) is 0 Å². The third-order valence-corrected chi connectivity index (χ3v) is 1.89. The molecule has 46 valence electrons. The van der Waals surface area contributed by atoms with Gasteiger partial charge in [-0.05, 0) is 19.1 Å². The molecule has 2 heteroatoms. The van der Waals surface area contributed by atoms with Crippen LogP contribution in [0.2, 0.25) is 0 Å². The van der Waals surface area contributed by atoms with Crippen LogP contribution >= 0.6 is 11.8 Å². The van der Waals surface area contributed by atoms with E-state index in [1.54, 1.807) is 11.8 Å². The Labute approximate surface area is 53.8 Å². The van der Waals surface area contributed by atoms with E-state index in [-0.39, 0.29) is 0 Å². The molecule has 1 rings (SSSR count). The summed E-state index contributed by atoms with van der Waals surface area (Å²) >= 11 is 1.63. The maximum Gasteiger partial charge on any atom is 0.145 e. The Balaban J connectivity index is 2.13. The summed E-state index contributed by atoms with van der Waals surface area (Å²) < 4.78 is 0. The van der Waals surface area contributed by atoms with Gasteiger partial charge in [0.1, 0.15) is 5.78 Å². The van der Waals surface area contributed by atoms with E-state index in [0.717, 1.165) is 18.6 Å². The van der Waals surface area contributed by atoms with Crippen LogP contribution in [-0.4, -0.2) is 17.8 Å². The van der Waals surface area contributed by atoms with Crippen LogP contribution in [0.5, 0.6) is 0 Å². The Morgan fingerprint density at radius 1 is 1.75 bits per heavy atom. The second kappa shape index (κ2) is 2.53. The monoisotopic (exact) mass is 130 g/mol. The van der Waals surface area contributed by atoms with Gasteiger partial charge in [-0.25, -0.2) is 0 Å². The van der Waals surface area contributed by atoms with E-state index in [1.807, 2.05) is 6.26 Å². The van der Waals surface area contributed by atoms with Crippen molar-refractivity contribution in [3.05, 3.63) is 0 Å². The molecule has 0 aromatic rings. The average molecular weight is 130 g/mol. The lowest BCUT2D eigenvalue weighted by Crippen LogP contribution is -2.02. The standard InChI is InChI=1S/C6H10OS/c1-8-4-6(7)5-2-3-5/h5H,2-4H2,1H3. The molecule has 8 heavy (non-hydrogen) atoms. The molecular formula is C6H10OS. The van der Waals surface area contributed by atoms with Gasteiger partial charge in [-0.2, -0.15) is 11.8 Å². The first kappa shape index (κ1) is 6.14. The van der Waals surface area contributed by atoms with Crippen molar-refractivity contribution < 1.29 is 4.79 Å². The molecule has 0 amide bonds. The first-order chi connectivity index (χ1) is 3.84. The van der Waals surface area contributed by atoms with Crippen LogP contribution in [0.15, 0.2) is 0 Å². The quantitative estimate of drug-likeness (QED) is 0.573. The summed E-state index contributed by atoms with van der Waals surface area (Å²) in [5.41, 5.74) is 0. The zero-order valence-electron chi connectivity index (χ0n) is 5.02. The predicted molar refractivity (Wildman–Crippen MR) is 36.1 cm³/mol. The van der Waals surface area contributed by atoms with Crippen LogP contribution in [0.25, 0.3) is 0 Å². The van der Waals surface area contributed by atoms with Crippen molar-refractivity contribution in [2.24, 2.45) is 5.92 Å². The number of hydrogen-bond acceptors (Lipinski definition) is 2. The minimum atomic E-state index is 0.456. The van der Waals surface area contributed by atoms with Crippen LogP contribution in [0.4, 0.5) is 0 Å². The second-order valence-corrected chi connectivity index (χ2v) is 3.04. The Bertz CT molecular complexity index is 96.7. The highest BCUT2D eigenvalue weighted by atomic mass is 32.2. The molecule has 1 saturated carbocycles. The molecule has 0 aliphatic heterocycles. The highest BCUT2D eigenvalue weighted by Crippen LogP contribution is 2.30. The van der Waals surface area contributed by atoms with E-state index in [4.69, 9.17) is 0 Å². The maximum atomic E-state index is 10.8. The van der Waals surface area contributed by atoms with E-state index < -0.39 is 0 Å². The van der Waals surface area contributed by atoms with Crippen molar-refractivity contribution >= 4 is 17.5 Å². The van der Waals surface area contributed by atoms with Gasteiger partial charge in [0.25, 0.3) is 0 Å². The summed E-state index contributed by atoms with van der Waals surface area (Å²) in [5, 5.41) is 0. The highest BCUT2D eigenvalue weighted by molar-refractivity contribution is 7.99. The topological polar surface area (TPSA) is 17.1 Å². The fourth-order valence-corrected chi connectivity index (χ4v) is 1.19. The molecule has 1 aliphatic rings. The SMILES string of the molecule is CSCC(=O)C1CC1. The van der Waals surface area contributed by atoms with Crippen molar-refractivity contribution in [1.29, 1.82) is 0 Å². The largest absolute Gasteiger partial charge is 0.298 e. The summed E-state index contributed by atoms with van der Waals surface area (Å²) in [5.74, 6) is 1.64. The molecule has 1 nitrogen and oxygen atoms in total. The fourth-order valence-electron chi connectivity index (χ4n) is 0.665. The fraction of sp³-hybridized carbons (Fsp3) is 0.833. The number of thioether (sulfide) groups is 1. The van der Waals surface area contributed by atoms with Gasteiger partial charge < -0.3 is 0 Å². The van der Waals surface area contributed by atoms with E-state index in [1.165, 1.54) is 0 Å². The average Bonchev–Trinajstić information content (AvgIpc) is 2.45. The molecule has 0 unspecified atom stereocenters. The first-order valence-corrected chi connectivity index (χ1v) is 4.25. The third kappa shape index (κ3) is 1.51. The molecule has 0 saturated heterocycles. The van der Waals surface area contributed by atoms with Crippen molar-refractivity contribution in [2.75, 3.05) is 12.0 Å². The number of ketones is 1. The number of rotatable bonds is 3. The van der Waals surface area contributed by atoms with Crippen molar-refractivity contribution in [3.8, 4) is 0 Å². The van der Waals surface area contributed by atoms with E-state index in [9.17, 15) is 4.79 Å². The predicted octanol–water partition coefficient (Wildman–Crippen LogP) is 1.33. The normalized spacial score (nSPS) is 18.6. The van der Waals surface area contributed by atoms with Gasteiger partial charge in [-0.3, -0.25) is 4.79 Å². The van der Waals surface area contributed by atoms with Crippen LogP contribution in [-0.2, 0) is 4.79 Å². The lowest BCUT2D eigenvalue weighted by Gasteiger charge is -1.89. The lowest BCUT2D eigenvalue weighted by molar-refractivity contribution is -0.117. The highest BCUT2D eigenvalue weighted by Gasteiger charge is 2.28. The molecule has 0 bridgehead atoms. The number of hydrogen-bond donors (Lipinski definition) is 0. The minimum absolute atomic E-state index is 0.456. The van der Waals surface area contributed by atoms with Crippen LogP contribution < -0.4 is 0 Å². The number of Topliss-reactive ketones (excluding diaryl/α,β-unsaturated/α-hetero) is 1. The molecule has 0 heterocycles. The van der Waals surface area contributed by atoms with Crippen molar-refractivity contribution in [2.45, 2.75) is 12.8 Å². The van der Waals surface area contributed by atoms with Gasteiger partial charge >= 0.3 is 0 Å². The van der Waals surface area contributed by atoms with Gasteiger partial charge in [0.15, 0.2) is 0 Å². The Morgan fingerprint density at radius 2 is 2.38 bits per heavy atom. The van der Waals surface area contributed by atoms with Crippen LogP contribution in [0, 0.1) is 5.92 Å². The molecule has 1 aliphatic carbocycles. The van der Waals surface area contributed by atoms with Gasteiger partial charge in [-0.1, -0.05) is 0 Å². The molecular weight excluding hydrogens is 120 g/mol. The minimum Gasteiger partial charge on any atom is -0.298 e. The molecule has 0 N–H and O–H groups in total. The Morgan fingerprint density at radius 3 is 2.75 bits per heavy atom. The van der Waals surface area contributed by atoms with Crippen LogP contribution in [0.3, 0.4) is 0 Å². The second-order valence-electron chi connectivity index (χ2n) is 2.17. The molecule has 0 spiro atoms. The molecule has 0 aromatic heterocycles. The smallest absolute Gasteiger partial charge is 0.145 e. The zero-order valence-corrected chi connectivity index (χ0v) is 5.83. The van der Waals surface area contributed by atoms with Gasteiger partial charge in [0.05, 0.1) is 5.75 Å². The lowest BCUT2D eigenvalue weighted by atomic mass is 10.3. The van der Waals surface area contributed by atoms with E-state index in [0.29, 0.717) is 11.7 Å². The van der Waals surface area contributed by atoms with Crippen LogP contribution in [0.1, 0.15) is 12.8 Å². The zero-order chi connectivity index (χ0) is 5.98.